The normalized spacial score (nSPS) is 36.2. The van der Waals surface area contributed by atoms with Crippen molar-refractivity contribution in [3.05, 3.63) is 35.9 Å². The second-order valence-corrected chi connectivity index (χ2v) is 5.34. The lowest BCUT2D eigenvalue weighted by Gasteiger charge is -2.36. The van der Waals surface area contributed by atoms with E-state index < -0.39 is 5.60 Å². The fourth-order valence-corrected chi connectivity index (χ4v) is 3.00. The van der Waals surface area contributed by atoms with E-state index in [1.54, 1.807) is 7.11 Å². The summed E-state index contributed by atoms with van der Waals surface area (Å²) in [6, 6.07) is 9.96. The van der Waals surface area contributed by atoms with Gasteiger partial charge in [-0.25, -0.2) is 0 Å². The fourth-order valence-electron chi connectivity index (χ4n) is 3.00. The first-order valence-electron chi connectivity index (χ1n) is 6.84. The number of aliphatic hydroxyl groups excluding tert-OH is 1. The molecule has 0 aromatic heterocycles. The number of fused-ring (bicyclic) bond motifs is 2. The van der Waals surface area contributed by atoms with Crippen LogP contribution in [0.15, 0.2) is 30.3 Å². The van der Waals surface area contributed by atoms with Crippen molar-refractivity contribution in [2.75, 3.05) is 26.9 Å². The third-order valence-corrected chi connectivity index (χ3v) is 4.04. The molecule has 2 aliphatic heterocycles. The van der Waals surface area contributed by atoms with Crippen LogP contribution in [0.3, 0.4) is 0 Å². The van der Waals surface area contributed by atoms with Crippen LogP contribution in [0.1, 0.15) is 5.56 Å². The van der Waals surface area contributed by atoms with Gasteiger partial charge in [0, 0.05) is 7.11 Å². The Kier molecular flexibility index (Phi) is 4.05. The van der Waals surface area contributed by atoms with Gasteiger partial charge in [-0.3, -0.25) is 0 Å². The van der Waals surface area contributed by atoms with E-state index in [4.69, 9.17) is 18.9 Å². The summed E-state index contributed by atoms with van der Waals surface area (Å²) in [5, 5.41) is 9.71. The zero-order valence-electron chi connectivity index (χ0n) is 11.5. The third kappa shape index (κ3) is 2.36. The van der Waals surface area contributed by atoms with Gasteiger partial charge in [0.15, 0.2) is 6.29 Å². The molecule has 1 unspecified atom stereocenters. The van der Waals surface area contributed by atoms with E-state index in [-0.39, 0.29) is 24.9 Å². The Hall–Kier alpha value is -0.980. The van der Waals surface area contributed by atoms with Crippen LogP contribution in [0.25, 0.3) is 0 Å². The Bertz CT molecular complexity index is 437. The van der Waals surface area contributed by atoms with Gasteiger partial charge in [0.05, 0.1) is 32.3 Å². The Morgan fingerprint density at radius 1 is 1.35 bits per heavy atom. The van der Waals surface area contributed by atoms with Crippen molar-refractivity contribution >= 4 is 0 Å². The van der Waals surface area contributed by atoms with Crippen molar-refractivity contribution in [3.63, 3.8) is 0 Å². The average molecular weight is 280 g/mol. The highest BCUT2D eigenvalue weighted by Gasteiger charge is 2.59. The average Bonchev–Trinajstić information content (AvgIpc) is 2.67. The van der Waals surface area contributed by atoms with Crippen LogP contribution < -0.4 is 0 Å². The minimum absolute atomic E-state index is 0.00962. The van der Waals surface area contributed by atoms with Crippen molar-refractivity contribution in [1.82, 2.24) is 0 Å². The molecule has 1 aromatic rings. The Morgan fingerprint density at radius 3 is 2.85 bits per heavy atom. The summed E-state index contributed by atoms with van der Waals surface area (Å²) in [5.41, 5.74) is 0.290. The zero-order valence-corrected chi connectivity index (χ0v) is 11.5. The molecule has 3 rings (SSSR count). The molecule has 1 aromatic carbocycles. The summed E-state index contributed by atoms with van der Waals surface area (Å²) in [7, 11) is 1.60. The van der Waals surface area contributed by atoms with Gasteiger partial charge in [0.2, 0.25) is 0 Å². The molecule has 5 heteroatoms. The van der Waals surface area contributed by atoms with Crippen LogP contribution in [0, 0.1) is 5.92 Å². The van der Waals surface area contributed by atoms with E-state index in [2.05, 4.69) is 0 Å². The summed E-state index contributed by atoms with van der Waals surface area (Å²) < 4.78 is 22.7. The van der Waals surface area contributed by atoms with Crippen molar-refractivity contribution < 1.29 is 24.1 Å². The van der Waals surface area contributed by atoms with Gasteiger partial charge in [-0.15, -0.1) is 0 Å². The molecule has 110 valence electrons. The SMILES string of the molecule is CO[C@H]1O[C@@]2(CO)COCC1[C@H]2OCc1ccccc1. The van der Waals surface area contributed by atoms with Crippen LogP contribution >= 0.6 is 0 Å². The van der Waals surface area contributed by atoms with E-state index in [0.717, 1.165) is 5.56 Å². The number of hydrogen-bond donors (Lipinski definition) is 1. The lowest BCUT2D eigenvalue weighted by Crippen LogP contribution is -2.54. The molecule has 5 nitrogen and oxygen atoms in total. The molecule has 0 spiro atoms. The van der Waals surface area contributed by atoms with Crippen LogP contribution in [-0.4, -0.2) is 50.0 Å². The number of rotatable bonds is 5. The number of benzene rings is 1. The van der Waals surface area contributed by atoms with Crippen LogP contribution in [0.5, 0.6) is 0 Å². The van der Waals surface area contributed by atoms with E-state index >= 15 is 0 Å². The highest BCUT2D eigenvalue weighted by atomic mass is 16.7. The first kappa shape index (κ1) is 14.0. The van der Waals surface area contributed by atoms with Crippen molar-refractivity contribution in [3.8, 4) is 0 Å². The second kappa shape index (κ2) is 5.79. The third-order valence-electron chi connectivity index (χ3n) is 4.04. The smallest absolute Gasteiger partial charge is 0.165 e. The van der Waals surface area contributed by atoms with Gasteiger partial charge >= 0.3 is 0 Å². The minimum atomic E-state index is -0.807. The van der Waals surface area contributed by atoms with Gasteiger partial charge in [-0.1, -0.05) is 30.3 Å². The topological polar surface area (TPSA) is 57.2 Å². The van der Waals surface area contributed by atoms with E-state index in [1.165, 1.54) is 0 Å². The summed E-state index contributed by atoms with van der Waals surface area (Å²) in [5.74, 6) is -0.00962. The predicted octanol–water partition coefficient (Wildman–Crippen LogP) is 0.952. The fraction of sp³-hybridized carbons (Fsp3) is 0.600. The van der Waals surface area contributed by atoms with Crippen molar-refractivity contribution in [2.45, 2.75) is 24.6 Å². The minimum Gasteiger partial charge on any atom is -0.393 e. The first-order chi connectivity index (χ1) is 9.79. The molecule has 0 amide bonds. The summed E-state index contributed by atoms with van der Waals surface area (Å²) >= 11 is 0. The molecule has 0 saturated carbocycles. The molecule has 1 N–H and O–H groups in total. The lowest BCUT2D eigenvalue weighted by atomic mass is 9.89. The standard InChI is InChI=1S/C15H20O5/c1-17-14-12-8-18-10-15(9-16,20-14)13(12)19-7-11-5-3-2-4-6-11/h2-6,12-14,16H,7-10H2,1H3/t12?,13-,14+,15+/m1/s1. The second-order valence-electron chi connectivity index (χ2n) is 5.34. The molecule has 4 atom stereocenters. The molecule has 2 bridgehead atoms. The van der Waals surface area contributed by atoms with Gasteiger partial charge in [-0.2, -0.15) is 0 Å². The maximum atomic E-state index is 9.71. The molecule has 0 aliphatic carbocycles. The number of aliphatic hydroxyl groups is 1. The Balaban J connectivity index is 1.73. The van der Waals surface area contributed by atoms with E-state index in [9.17, 15) is 5.11 Å². The first-order valence-corrected chi connectivity index (χ1v) is 6.84. The van der Waals surface area contributed by atoms with Crippen LogP contribution in [-0.2, 0) is 25.6 Å². The molecule has 20 heavy (non-hydrogen) atoms. The van der Waals surface area contributed by atoms with E-state index in [1.807, 2.05) is 30.3 Å². The molecule has 2 saturated heterocycles. The maximum absolute atomic E-state index is 9.71. The largest absolute Gasteiger partial charge is 0.393 e. The van der Waals surface area contributed by atoms with E-state index in [0.29, 0.717) is 19.8 Å². The molecule has 0 radical (unpaired) electrons. The zero-order chi connectivity index (χ0) is 14.0. The molecule has 2 aliphatic rings. The number of hydrogen-bond acceptors (Lipinski definition) is 5. The summed E-state index contributed by atoms with van der Waals surface area (Å²) in [6.45, 7) is 1.21. The monoisotopic (exact) mass is 280 g/mol. The maximum Gasteiger partial charge on any atom is 0.165 e. The molecular formula is C15H20O5. The summed E-state index contributed by atoms with van der Waals surface area (Å²) in [4.78, 5) is 0. The molecular weight excluding hydrogens is 260 g/mol. The highest BCUT2D eigenvalue weighted by molar-refractivity contribution is 5.14. The van der Waals surface area contributed by atoms with Crippen LogP contribution in [0.2, 0.25) is 0 Å². The highest BCUT2D eigenvalue weighted by Crippen LogP contribution is 2.42. The van der Waals surface area contributed by atoms with Gasteiger partial charge in [0.1, 0.15) is 11.7 Å². The Labute approximate surface area is 118 Å². The summed E-state index contributed by atoms with van der Waals surface area (Å²) in [6.07, 6.45) is -0.600. The predicted molar refractivity (Wildman–Crippen MR) is 71.0 cm³/mol. The lowest BCUT2D eigenvalue weighted by molar-refractivity contribution is -0.199. The van der Waals surface area contributed by atoms with Gasteiger partial charge in [-0.05, 0) is 5.56 Å². The van der Waals surface area contributed by atoms with Crippen LogP contribution in [0.4, 0.5) is 0 Å². The van der Waals surface area contributed by atoms with Crippen molar-refractivity contribution in [2.24, 2.45) is 5.92 Å². The number of methoxy groups -OCH3 is 1. The quantitative estimate of drug-likeness (QED) is 0.870. The molecule has 2 heterocycles. The molecule has 2 fully saturated rings. The number of ether oxygens (including phenoxy) is 4. The Morgan fingerprint density at radius 2 is 2.15 bits per heavy atom. The van der Waals surface area contributed by atoms with Gasteiger partial charge < -0.3 is 24.1 Å². The van der Waals surface area contributed by atoms with Gasteiger partial charge in [0.25, 0.3) is 0 Å². The van der Waals surface area contributed by atoms with Crippen molar-refractivity contribution in [1.29, 1.82) is 0 Å².